The summed E-state index contributed by atoms with van der Waals surface area (Å²) in [6, 6.07) is 0. The zero-order valence-electron chi connectivity index (χ0n) is 9.99. The van der Waals surface area contributed by atoms with Crippen LogP contribution in [0.5, 0.6) is 0 Å². The molecule has 0 aromatic heterocycles. The number of aliphatic carboxylic acids is 1. The Hall–Kier alpha value is -1.58. The lowest BCUT2D eigenvalue weighted by Gasteiger charge is -1.95. The first-order chi connectivity index (χ1) is 7.49. The SMILES string of the molecule is C=C(CCCC)C(=O)O.C=CC(=O)OCC. The zero-order valence-corrected chi connectivity index (χ0v) is 9.99. The van der Waals surface area contributed by atoms with Gasteiger partial charge in [-0.25, -0.2) is 9.59 Å². The minimum atomic E-state index is -0.872. The number of ether oxygens (including phenoxy) is 1. The van der Waals surface area contributed by atoms with Crippen LogP contribution < -0.4 is 0 Å². The largest absolute Gasteiger partial charge is 0.478 e. The molecule has 0 fully saturated rings. The number of esters is 1. The second-order valence-corrected chi connectivity index (χ2v) is 2.97. The van der Waals surface area contributed by atoms with Crippen molar-refractivity contribution in [1.82, 2.24) is 0 Å². The van der Waals surface area contributed by atoms with Gasteiger partial charge in [-0.2, -0.15) is 0 Å². The van der Waals surface area contributed by atoms with E-state index in [2.05, 4.69) is 17.9 Å². The number of carboxylic acid groups (broad SMARTS) is 1. The lowest BCUT2D eigenvalue weighted by molar-refractivity contribution is -0.137. The van der Waals surface area contributed by atoms with Gasteiger partial charge in [0.25, 0.3) is 0 Å². The van der Waals surface area contributed by atoms with Crippen molar-refractivity contribution in [2.75, 3.05) is 6.61 Å². The normalized spacial score (nSPS) is 8.38. The summed E-state index contributed by atoms with van der Waals surface area (Å²) in [5.41, 5.74) is 0.317. The Morgan fingerprint density at radius 2 is 1.94 bits per heavy atom. The molecule has 92 valence electrons. The van der Waals surface area contributed by atoms with Crippen LogP contribution in [-0.4, -0.2) is 23.7 Å². The summed E-state index contributed by atoms with van der Waals surface area (Å²) in [5, 5.41) is 8.31. The van der Waals surface area contributed by atoms with Crippen LogP contribution in [0.4, 0.5) is 0 Å². The fourth-order valence-electron chi connectivity index (χ4n) is 0.698. The Morgan fingerprint density at radius 1 is 1.38 bits per heavy atom. The van der Waals surface area contributed by atoms with Crippen LogP contribution in [0.15, 0.2) is 24.8 Å². The van der Waals surface area contributed by atoms with Crippen molar-refractivity contribution in [3.63, 3.8) is 0 Å². The third-order valence-corrected chi connectivity index (χ3v) is 1.59. The number of hydrogen-bond acceptors (Lipinski definition) is 3. The van der Waals surface area contributed by atoms with Gasteiger partial charge in [-0.1, -0.05) is 26.5 Å². The second-order valence-electron chi connectivity index (χ2n) is 2.97. The van der Waals surface area contributed by atoms with Crippen molar-refractivity contribution >= 4 is 11.9 Å². The summed E-state index contributed by atoms with van der Waals surface area (Å²) in [4.78, 5) is 20.2. The topological polar surface area (TPSA) is 63.6 Å². The van der Waals surface area contributed by atoms with Crippen LogP contribution in [0.3, 0.4) is 0 Å². The van der Waals surface area contributed by atoms with Crippen molar-refractivity contribution in [2.45, 2.75) is 33.1 Å². The number of carbonyl (C=O) groups is 2. The third-order valence-electron chi connectivity index (χ3n) is 1.59. The van der Waals surface area contributed by atoms with Gasteiger partial charge in [-0.15, -0.1) is 0 Å². The number of unbranched alkanes of at least 4 members (excludes halogenated alkanes) is 1. The first-order valence-corrected chi connectivity index (χ1v) is 5.19. The van der Waals surface area contributed by atoms with Crippen molar-refractivity contribution in [3.8, 4) is 0 Å². The summed E-state index contributed by atoms with van der Waals surface area (Å²) in [6.45, 7) is 10.8. The molecule has 0 aliphatic carbocycles. The van der Waals surface area contributed by atoms with Gasteiger partial charge in [0, 0.05) is 11.6 Å². The Bertz CT molecular complexity index is 243. The number of carbonyl (C=O) groups excluding carboxylic acids is 1. The van der Waals surface area contributed by atoms with Crippen LogP contribution >= 0.6 is 0 Å². The van der Waals surface area contributed by atoms with Crippen LogP contribution in [0.1, 0.15) is 33.1 Å². The Morgan fingerprint density at radius 3 is 2.19 bits per heavy atom. The molecular formula is C12H20O4. The van der Waals surface area contributed by atoms with Crippen molar-refractivity contribution in [2.24, 2.45) is 0 Å². The second kappa shape index (κ2) is 11.5. The van der Waals surface area contributed by atoms with Crippen molar-refractivity contribution < 1.29 is 19.4 Å². The van der Waals surface area contributed by atoms with Gasteiger partial charge in [0.15, 0.2) is 0 Å². The van der Waals surface area contributed by atoms with Crippen LogP contribution in [0, 0.1) is 0 Å². The maximum absolute atomic E-state index is 10.1. The Kier molecular flexibility index (Phi) is 12.1. The molecule has 0 unspecified atom stereocenters. The van der Waals surface area contributed by atoms with E-state index in [9.17, 15) is 9.59 Å². The van der Waals surface area contributed by atoms with Gasteiger partial charge < -0.3 is 9.84 Å². The van der Waals surface area contributed by atoms with E-state index in [1.807, 2.05) is 6.92 Å². The van der Waals surface area contributed by atoms with E-state index in [-0.39, 0.29) is 5.97 Å². The van der Waals surface area contributed by atoms with Gasteiger partial charge in [-0.05, 0) is 19.8 Å². The first-order valence-electron chi connectivity index (χ1n) is 5.19. The molecule has 0 radical (unpaired) electrons. The predicted molar refractivity (Wildman–Crippen MR) is 63.1 cm³/mol. The molecule has 0 aromatic rings. The monoisotopic (exact) mass is 228 g/mol. The van der Waals surface area contributed by atoms with E-state index in [4.69, 9.17) is 5.11 Å². The summed E-state index contributed by atoms with van der Waals surface area (Å²) in [5.74, 6) is -1.23. The van der Waals surface area contributed by atoms with Crippen LogP contribution in [0.2, 0.25) is 0 Å². The average Bonchev–Trinajstić information content (AvgIpc) is 2.26. The minimum absolute atomic E-state index is 0.317. The molecule has 4 heteroatoms. The van der Waals surface area contributed by atoms with Gasteiger partial charge in [-0.3, -0.25) is 0 Å². The number of hydrogen-bond donors (Lipinski definition) is 1. The van der Waals surface area contributed by atoms with E-state index in [0.29, 0.717) is 18.6 Å². The molecule has 0 saturated heterocycles. The fourth-order valence-corrected chi connectivity index (χ4v) is 0.698. The fraction of sp³-hybridized carbons (Fsp3) is 0.500. The maximum Gasteiger partial charge on any atom is 0.330 e. The zero-order chi connectivity index (χ0) is 13.0. The summed E-state index contributed by atoms with van der Waals surface area (Å²) < 4.78 is 4.43. The third kappa shape index (κ3) is 12.4. The van der Waals surface area contributed by atoms with E-state index in [1.54, 1.807) is 6.92 Å². The average molecular weight is 228 g/mol. The van der Waals surface area contributed by atoms with E-state index >= 15 is 0 Å². The highest BCUT2D eigenvalue weighted by molar-refractivity contribution is 5.85. The first kappa shape index (κ1) is 16.8. The molecule has 0 bridgehead atoms. The van der Waals surface area contributed by atoms with Crippen molar-refractivity contribution in [1.29, 1.82) is 0 Å². The molecule has 0 rings (SSSR count). The molecule has 1 N–H and O–H groups in total. The lowest BCUT2D eigenvalue weighted by atomic mass is 10.1. The molecular weight excluding hydrogens is 208 g/mol. The summed E-state index contributed by atoms with van der Waals surface area (Å²) >= 11 is 0. The van der Waals surface area contributed by atoms with Gasteiger partial charge in [0.2, 0.25) is 0 Å². The molecule has 0 aromatic carbocycles. The summed E-state index contributed by atoms with van der Waals surface area (Å²) in [7, 11) is 0. The molecule has 4 nitrogen and oxygen atoms in total. The molecule has 0 aliphatic rings. The molecule has 16 heavy (non-hydrogen) atoms. The molecule has 0 spiro atoms. The van der Waals surface area contributed by atoms with Gasteiger partial charge in [0.05, 0.1) is 6.61 Å². The highest BCUT2D eigenvalue weighted by atomic mass is 16.5. The molecule has 0 saturated carbocycles. The number of carboxylic acids is 1. The maximum atomic E-state index is 10.1. The van der Waals surface area contributed by atoms with E-state index < -0.39 is 5.97 Å². The Labute approximate surface area is 96.6 Å². The van der Waals surface area contributed by atoms with Crippen molar-refractivity contribution in [3.05, 3.63) is 24.8 Å². The number of rotatable bonds is 6. The lowest BCUT2D eigenvalue weighted by Crippen LogP contribution is -1.97. The standard InChI is InChI=1S/C7H12O2.C5H8O2/c1-3-4-5-6(2)7(8)9;1-3-5(6)7-4-2/h2-5H2,1H3,(H,8,9);3H,1,4H2,2H3. The van der Waals surface area contributed by atoms with Gasteiger partial charge in [0.1, 0.15) is 0 Å². The molecule has 0 amide bonds. The highest BCUT2D eigenvalue weighted by Crippen LogP contribution is 2.03. The molecule has 0 aliphatic heterocycles. The quantitative estimate of drug-likeness (QED) is 0.560. The highest BCUT2D eigenvalue weighted by Gasteiger charge is 2.00. The Balaban J connectivity index is 0. The van der Waals surface area contributed by atoms with Gasteiger partial charge >= 0.3 is 11.9 Å². The van der Waals surface area contributed by atoms with E-state index in [0.717, 1.165) is 18.9 Å². The minimum Gasteiger partial charge on any atom is -0.478 e. The summed E-state index contributed by atoms with van der Waals surface area (Å²) in [6.07, 6.45) is 3.70. The molecule has 0 atom stereocenters. The predicted octanol–water partition coefficient (Wildman–Crippen LogP) is 2.55. The smallest absolute Gasteiger partial charge is 0.330 e. The van der Waals surface area contributed by atoms with Crippen LogP contribution in [-0.2, 0) is 14.3 Å². The van der Waals surface area contributed by atoms with E-state index in [1.165, 1.54) is 0 Å². The molecule has 0 heterocycles. The van der Waals surface area contributed by atoms with Crippen LogP contribution in [0.25, 0.3) is 0 Å².